The lowest BCUT2D eigenvalue weighted by Crippen LogP contribution is -1.99. The van der Waals surface area contributed by atoms with Gasteiger partial charge in [-0.3, -0.25) is 4.79 Å². The van der Waals surface area contributed by atoms with Crippen molar-refractivity contribution >= 4 is 22.4 Å². The van der Waals surface area contributed by atoms with Crippen LogP contribution in [-0.2, 0) is 0 Å². The summed E-state index contributed by atoms with van der Waals surface area (Å²) in [4.78, 5) is 15.3. The summed E-state index contributed by atoms with van der Waals surface area (Å²) in [6.07, 6.45) is 1.53. The minimum Gasteiger partial charge on any atom is -0.383 e. The smallest absolute Gasteiger partial charge is 0.161 e. The molecule has 0 aliphatic heterocycles. The Morgan fingerprint density at radius 1 is 1.29 bits per heavy atom. The van der Waals surface area contributed by atoms with Gasteiger partial charge in [0.25, 0.3) is 0 Å². The van der Waals surface area contributed by atoms with Gasteiger partial charge >= 0.3 is 0 Å². The van der Waals surface area contributed by atoms with E-state index < -0.39 is 0 Å². The molecule has 0 aliphatic carbocycles. The van der Waals surface area contributed by atoms with Gasteiger partial charge in [0.05, 0.1) is 0 Å². The topological polar surface area (TPSA) is 56.0 Å². The monoisotopic (exact) mass is 186 g/mol. The van der Waals surface area contributed by atoms with E-state index in [0.29, 0.717) is 11.4 Å². The second-order valence-corrected chi connectivity index (χ2v) is 3.16. The summed E-state index contributed by atoms with van der Waals surface area (Å²) in [5.74, 6) is 0.472. The first-order valence-corrected chi connectivity index (χ1v) is 4.34. The molecular formula is C11H10N2O. The maximum absolute atomic E-state index is 11.3. The molecule has 0 atom stereocenters. The van der Waals surface area contributed by atoms with E-state index in [2.05, 4.69) is 4.98 Å². The van der Waals surface area contributed by atoms with Crippen molar-refractivity contribution in [3.05, 3.63) is 36.0 Å². The minimum atomic E-state index is 0.00806. The van der Waals surface area contributed by atoms with Gasteiger partial charge in [0.15, 0.2) is 5.78 Å². The van der Waals surface area contributed by atoms with Gasteiger partial charge in [-0.15, -0.1) is 0 Å². The van der Waals surface area contributed by atoms with E-state index >= 15 is 0 Å². The number of hydrogen-bond acceptors (Lipinski definition) is 3. The lowest BCUT2D eigenvalue weighted by Gasteiger charge is -2.04. The molecule has 0 amide bonds. The zero-order chi connectivity index (χ0) is 10.1. The number of nitrogens with two attached hydrogens (primary N) is 1. The molecule has 2 N–H and O–H groups in total. The molecule has 0 saturated carbocycles. The third kappa shape index (κ3) is 1.23. The molecule has 0 aliphatic rings. The highest BCUT2D eigenvalue weighted by Crippen LogP contribution is 2.22. The zero-order valence-corrected chi connectivity index (χ0v) is 7.82. The first-order chi connectivity index (χ1) is 6.70. The number of Topliss-reactive ketones (excluding diaryl/α,β-unsaturated/α-hetero) is 1. The van der Waals surface area contributed by atoms with Gasteiger partial charge in [0.2, 0.25) is 0 Å². The van der Waals surface area contributed by atoms with Crippen LogP contribution >= 0.6 is 0 Å². The summed E-state index contributed by atoms with van der Waals surface area (Å²) < 4.78 is 0. The largest absolute Gasteiger partial charge is 0.383 e. The normalized spacial score (nSPS) is 10.4. The summed E-state index contributed by atoms with van der Waals surface area (Å²) in [7, 11) is 0. The van der Waals surface area contributed by atoms with Crippen LogP contribution in [0.15, 0.2) is 30.5 Å². The number of fused-ring (bicyclic) bond motifs is 1. The Morgan fingerprint density at radius 3 is 2.57 bits per heavy atom. The Balaban J connectivity index is 2.88. The maximum atomic E-state index is 11.3. The second kappa shape index (κ2) is 3.10. The van der Waals surface area contributed by atoms with E-state index in [-0.39, 0.29) is 5.78 Å². The Kier molecular flexibility index (Phi) is 1.93. The van der Waals surface area contributed by atoms with Gasteiger partial charge in [-0.05, 0) is 12.3 Å². The highest BCUT2D eigenvalue weighted by Gasteiger charge is 2.07. The van der Waals surface area contributed by atoms with Crippen molar-refractivity contribution in [2.24, 2.45) is 0 Å². The van der Waals surface area contributed by atoms with Crippen LogP contribution in [0.5, 0.6) is 0 Å². The van der Waals surface area contributed by atoms with E-state index in [1.54, 1.807) is 0 Å². The molecule has 2 rings (SSSR count). The number of nitrogens with zero attached hydrogens (tertiary/aromatic N) is 1. The zero-order valence-electron chi connectivity index (χ0n) is 7.82. The summed E-state index contributed by atoms with van der Waals surface area (Å²) in [5, 5.41) is 1.70. The van der Waals surface area contributed by atoms with Gasteiger partial charge in [-0.2, -0.15) is 0 Å². The third-order valence-electron chi connectivity index (χ3n) is 2.21. The van der Waals surface area contributed by atoms with Crippen LogP contribution in [0.25, 0.3) is 10.8 Å². The van der Waals surface area contributed by atoms with Crippen LogP contribution < -0.4 is 5.73 Å². The van der Waals surface area contributed by atoms with E-state index in [9.17, 15) is 4.79 Å². The predicted octanol–water partition coefficient (Wildman–Crippen LogP) is 2.02. The van der Waals surface area contributed by atoms with Crippen molar-refractivity contribution in [1.82, 2.24) is 4.98 Å². The number of carbonyl (C=O) groups excluding carboxylic acids is 1. The fraction of sp³-hybridized carbons (Fsp3) is 0.0909. The van der Waals surface area contributed by atoms with Crippen LogP contribution in [0, 0.1) is 0 Å². The molecule has 3 nitrogen and oxygen atoms in total. The SMILES string of the molecule is CC(=O)c1cnc(N)c2ccccc12. The third-order valence-corrected chi connectivity index (χ3v) is 2.21. The number of carbonyl (C=O) groups is 1. The van der Waals surface area contributed by atoms with Crippen molar-refractivity contribution in [3.8, 4) is 0 Å². The Hall–Kier alpha value is -1.90. The molecule has 3 heteroatoms. The lowest BCUT2D eigenvalue weighted by molar-refractivity contribution is 0.101. The van der Waals surface area contributed by atoms with Crippen molar-refractivity contribution in [3.63, 3.8) is 0 Å². The molecule has 1 aromatic heterocycles. The second-order valence-electron chi connectivity index (χ2n) is 3.16. The maximum Gasteiger partial charge on any atom is 0.161 e. The summed E-state index contributed by atoms with van der Waals surface area (Å²) in [6.45, 7) is 1.53. The first-order valence-electron chi connectivity index (χ1n) is 4.34. The number of anilines is 1. The summed E-state index contributed by atoms with van der Waals surface area (Å²) >= 11 is 0. The van der Waals surface area contributed by atoms with Crippen LogP contribution in [0.2, 0.25) is 0 Å². The van der Waals surface area contributed by atoms with Crippen molar-refractivity contribution in [1.29, 1.82) is 0 Å². The van der Waals surface area contributed by atoms with E-state index in [1.807, 2.05) is 24.3 Å². The minimum absolute atomic E-state index is 0.00806. The van der Waals surface area contributed by atoms with Crippen LogP contribution in [0.1, 0.15) is 17.3 Å². The lowest BCUT2D eigenvalue weighted by atomic mass is 10.0. The first kappa shape index (κ1) is 8.69. The van der Waals surface area contributed by atoms with Gasteiger partial charge < -0.3 is 5.73 Å². The molecule has 2 aromatic rings. The van der Waals surface area contributed by atoms with E-state index in [0.717, 1.165) is 10.8 Å². The van der Waals surface area contributed by atoms with Crippen LogP contribution in [0.4, 0.5) is 5.82 Å². The van der Waals surface area contributed by atoms with Crippen molar-refractivity contribution < 1.29 is 4.79 Å². The fourth-order valence-corrected chi connectivity index (χ4v) is 1.50. The standard InChI is InChI=1S/C11H10N2O/c1-7(14)10-6-13-11(12)9-5-3-2-4-8(9)10/h2-6H,1H3,(H2,12,13). The molecule has 1 aromatic carbocycles. The van der Waals surface area contributed by atoms with Crippen molar-refractivity contribution in [2.75, 3.05) is 5.73 Å². The molecule has 0 spiro atoms. The quantitative estimate of drug-likeness (QED) is 0.693. The summed E-state index contributed by atoms with van der Waals surface area (Å²) in [6, 6.07) is 7.51. The number of hydrogen-bond donors (Lipinski definition) is 1. The Labute approximate surface area is 81.6 Å². The number of pyridine rings is 1. The Morgan fingerprint density at radius 2 is 1.93 bits per heavy atom. The van der Waals surface area contributed by atoms with Crippen LogP contribution in [-0.4, -0.2) is 10.8 Å². The average molecular weight is 186 g/mol. The van der Waals surface area contributed by atoms with Gasteiger partial charge in [0.1, 0.15) is 5.82 Å². The number of ketones is 1. The summed E-state index contributed by atoms with van der Waals surface area (Å²) in [5.41, 5.74) is 6.32. The fourth-order valence-electron chi connectivity index (χ4n) is 1.50. The molecule has 0 fully saturated rings. The highest BCUT2D eigenvalue weighted by atomic mass is 16.1. The molecule has 70 valence electrons. The molecule has 0 bridgehead atoms. The van der Waals surface area contributed by atoms with Gasteiger partial charge in [0, 0.05) is 17.1 Å². The highest BCUT2D eigenvalue weighted by molar-refractivity contribution is 6.08. The Bertz CT molecular complexity index is 506. The number of rotatable bonds is 1. The number of nitrogen functional groups attached to an aromatic ring is 1. The van der Waals surface area contributed by atoms with E-state index in [4.69, 9.17) is 5.73 Å². The molecular weight excluding hydrogens is 176 g/mol. The predicted molar refractivity (Wildman–Crippen MR) is 56.2 cm³/mol. The number of benzene rings is 1. The molecule has 14 heavy (non-hydrogen) atoms. The van der Waals surface area contributed by atoms with E-state index in [1.165, 1.54) is 13.1 Å². The van der Waals surface area contributed by atoms with Gasteiger partial charge in [-0.25, -0.2) is 4.98 Å². The average Bonchev–Trinajstić information content (AvgIpc) is 2.18. The molecule has 1 heterocycles. The van der Waals surface area contributed by atoms with Gasteiger partial charge in [-0.1, -0.05) is 24.3 Å². The molecule has 0 radical (unpaired) electrons. The molecule has 0 saturated heterocycles. The molecule has 0 unspecified atom stereocenters. The van der Waals surface area contributed by atoms with Crippen LogP contribution in [0.3, 0.4) is 0 Å². The number of aromatic nitrogens is 1. The van der Waals surface area contributed by atoms with Crippen molar-refractivity contribution in [2.45, 2.75) is 6.92 Å².